The molecule has 1 N–H and O–H groups in total. The van der Waals surface area contributed by atoms with Crippen molar-refractivity contribution in [2.24, 2.45) is 0 Å². The molecule has 0 aliphatic carbocycles. The molecule has 0 bridgehead atoms. The van der Waals surface area contributed by atoms with Crippen LogP contribution in [0.4, 0.5) is 0 Å². The van der Waals surface area contributed by atoms with E-state index < -0.39 is 11.9 Å². The fourth-order valence-corrected chi connectivity index (χ4v) is 4.57. The minimum atomic E-state index is -0.912. The van der Waals surface area contributed by atoms with Gasteiger partial charge in [0.1, 0.15) is 23.0 Å². The van der Waals surface area contributed by atoms with Gasteiger partial charge in [-0.2, -0.15) is 0 Å². The summed E-state index contributed by atoms with van der Waals surface area (Å²) in [6.45, 7) is 0.311. The van der Waals surface area contributed by atoms with Crippen molar-refractivity contribution >= 4 is 35.0 Å². The van der Waals surface area contributed by atoms with Gasteiger partial charge in [-0.3, -0.25) is 9.59 Å². The summed E-state index contributed by atoms with van der Waals surface area (Å²) in [6.07, 6.45) is 2.03. The summed E-state index contributed by atoms with van der Waals surface area (Å²) in [7, 11) is 1.60. The van der Waals surface area contributed by atoms with E-state index in [1.807, 2.05) is 18.2 Å². The molecule has 35 heavy (non-hydrogen) atoms. The predicted octanol–water partition coefficient (Wildman–Crippen LogP) is 6.95. The van der Waals surface area contributed by atoms with Crippen molar-refractivity contribution in [2.45, 2.75) is 31.6 Å². The molecule has 1 aliphatic rings. The number of methoxy groups -OCH3 is 1. The molecule has 0 aromatic heterocycles. The van der Waals surface area contributed by atoms with Crippen molar-refractivity contribution in [2.75, 3.05) is 13.7 Å². The molecule has 6 nitrogen and oxygen atoms in total. The van der Waals surface area contributed by atoms with Crippen LogP contribution in [-0.4, -0.2) is 30.6 Å². The number of benzene rings is 3. The van der Waals surface area contributed by atoms with Crippen molar-refractivity contribution < 1.29 is 28.9 Å². The summed E-state index contributed by atoms with van der Waals surface area (Å²) < 4.78 is 16.9. The summed E-state index contributed by atoms with van der Waals surface area (Å²) in [5.41, 5.74) is 2.01. The second kappa shape index (κ2) is 11.0. The van der Waals surface area contributed by atoms with Crippen LogP contribution >= 0.6 is 23.2 Å². The molecule has 0 saturated heterocycles. The van der Waals surface area contributed by atoms with E-state index in [0.29, 0.717) is 65.7 Å². The summed E-state index contributed by atoms with van der Waals surface area (Å²) in [6, 6.07) is 15.5. The third-order valence-electron chi connectivity index (χ3n) is 5.93. The number of Topliss-reactive ketones (excluding diaryl/α,β-unsaturated/α-hetero) is 1. The zero-order chi connectivity index (χ0) is 24.9. The molecule has 1 heterocycles. The van der Waals surface area contributed by atoms with E-state index in [1.54, 1.807) is 43.5 Å². The number of ketones is 1. The Labute approximate surface area is 213 Å². The molecule has 1 atom stereocenters. The van der Waals surface area contributed by atoms with Crippen LogP contribution in [0.15, 0.2) is 54.6 Å². The van der Waals surface area contributed by atoms with Crippen LogP contribution in [0.3, 0.4) is 0 Å². The maximum atomic E-state index is 12.7. The van der Waals surface area contributed by atoms with Gasteiger partial charge in [-0.1, -0.05) is 29.3 Å². The van der Waals surface area contributed by atoms with Crippen molar-refractivity contribution in [3.63, 3.8) is 0 Å². The number of carbonyl (C=O) groups is 2. The fraction of sp³-hybridized carbons (Fsp3) is 0.259. The summed E-state index contributed by atoms with van der Waals surface area (Å²) in [5.74, 6) is 0.461. The number of hydrogen-bond donors (Lipinski definition) is 1. The third kappa shape index (κ3) is 5.72. The molecule has 1 unspecified atom stereocenters. The zero-order valence-electron chi connectivity index (χ0n) is 19.1. The van der Waals surface area contributed by atoms with Gasteiger partial charge in [0.05, 0.1) is 24.7 Å². The Balaban J connectivity index is 1.39. The van der Waals surface area contributed by atoms with Crippen LogP contribution in [0.1, 0.15) is 46.7 Å². The van der Waals surface area contributed by atoms with Crippen LogP contribution < -0.4 is 14.2 Å². The molecule has 8 heteroatoms. The first-order valence-corrected chi connectivity index (χ1v) is 11.9. The number of rotatable bonds is 9. The average Bonchev–Trinajstić information content (AvgIpc) is 2.85. The smallest absolute Gasteiger partial charge is 0.311 e. The molecule has 4 rings (SSSR count). The van der Waals surface area contributed by atoms with Gasteiger partial charge >= 0.3 is 5.97 Å². The molecule has 3 aromatic rings. The number of ether oxygens (including phenoxy) is 3. The highest BCUT2D eigenvalue weighted by Crippen LogP contribution is 2.41. The third-order valence-corrected chi connectivity index (χ3v) is 6.58. The Bertz CT molecular complexity index is 1240. The van der Waals surface area contributed by atoms with E-state index >= 15 is 0 Å². The number of carbonyl (C=O) groups excluding carboxylic acids is 1. The number of fused-ring (bicyclic) bond motifs is 1. The molecule has 182 valence electrons. The number of carboxylic acid groups (broad SMARTS) is 1. The van der Waals surface area contributed by atoms with Gasteiger partial charge in [0.2, 0.25) is 0 Å². The van der Waals surface area contributed by atoms with Crippen molar-refractivity contribution in [1.29, 1.82) is 0 Å². The lowest BCUT2D eigenvalue weighted by Crippen LogP contribution is -2.20. The van der Waals surface area contributed by atoms with Gasteiger partial charge in [0, 0.05) is 34.2 Å². The predicted molar refractivity (Wildman–Crippen MR) is 134 cm³/mol. The molecule has 0 radical (unpaired) electrons. The lowest BCUT2D eigenvalue weighted by Gasteiger charge is -2.24. The number of carboxylic acids is 1. The Kier molecular flexibility index (Phi) is 7.83. The van der Waals surface area contributed by atoms with E-state index in [2.05, 4.69) is 0 Å². The second-order valence-electron chi connectivity index (χ2n) is 8.17. The first-order chi connectivity index (χ1) is 16.9. The summed E-state index contributed by atoms with van der Waals surface area (Å²) in [4.78, 5) is 24.2. The molecular formula is C27H24Cl2O6. The van der Waals surface area contributed by atoms with E-state index in [0.717, 1.165) is 11.3 Å². The average molecular weight is 515 g/mol. The SMILES string of the molecule is COc1cccc(Cl)c1CCCC(=O)c1ccc(Oc2cc3c(cc2Cl)C(C(=O)O)CCO3)cc1. The van der Waals surface area contributed by atoms with Gasteiger partial charge in [-0.25, -0.2) is 0 Å². The van der Waals surface area contributed by atoms with Crippen LogP contribution in [0.2, 0.25) is 10.0 Å². The van der Waals surface area contributed by atoms with E-state index in [9.17, 15) is 14.7 Å². The first-order valence-electron chi connectivity index (χ1n) is 11.2. The molecular weight excluding hydrogens is 491 g/mol. The zero-order valence-corrected chi connectivity index (χ0v) is 20.6. The maximum Gasteiger partial charge on any atom is 0.311 e. The van der Waals surface area contributed by atoms with Crippen LogP contribution in [-0.2, 0) is 11.2 Å². The molecule has 0 fully saturated rings. The lowest BCUT2D eigenvalue weighted by atomic mass is 9.93. The second-order valence-corrected chi connectivity index (χ2v) is 8.99. The molecule has 1 aliphatic heterocycles. The van der Waals surface area contributed by atoms with Crippen LogP contribution in [0.25, 0.3) is 0 Å². The molecule has 0 amide bonds. The largest absolute Gasteiger partial charge is 0.496 e. The molecule has 0 saturated carbocycles. The Morgan fingerprint density at radius 1 is 1.06 bits per heavy atom. The van der Waals surface area contributed by atoms with Crippen molar-refractivity contribution in [1.82, 2.24) is 0 Å². The quantitative estimate of drug-likeness (QED) is 0.311. The van der Waals surface area contributed by atoms with Gasteiger partial charge in [0.25, 0.3) is 0 Å². The fourth-order valence-electron chi connectivity index (χ4n) is 4.10. The molecule has 3 aromatic carbocycles. The van der Waals surface area contributed by atoms with Crippen LogP contribution in [0.5, 0.6) is 23.0 Å². The monoisotopic (exact) mass is 514 g/mol. The van der Waals surface area contributed by atoms with E-state index in [-0.39, 0.29) is 10.8 Å². The first kappa shape index (κ1) is 24.9. The summed E-state index contributed by atoms with van der Waals surface area (Å²) in [5, 5.41) is 10.3. The van der Waals surface area contributed by atoms with Crippen LogP contribution in [0, 0.1) is 0 Å². The van der Waals surface area contributed by atoms with Gasteiger partial charge in [0.15, 0.2) is 5.78 Å². The topological polar surface area (TPSA) is 82.1 Å². The lowest BCUT2D eigenvalue weighted by molar-refractivity contribution is -0.139. The van der Waals surface area contributed by atoms with Crippen molar-refractivity contribution in [3.05, 3.63) is 81.3 Å². The summed E-state index contributed by atoms with van der Waals surface area (Å²) >= 11 is 12.6. The van der Waals surface area contributed by atoms with E-state index in [4.69, 9.17) is 37.4 Å². The highest BCUT2D eigenvalue weighted by molar-refractivity contribution is 6.32. The van der Waals surface area contributed by atoms with Gasteiger partial charge in [-0.15, -0.1) is 0 Å². The number of aliphatic carboxylic acids is 1. The molecule has 0 spiro atoms. The highest BCUT2D eigenvalue weighted by Gasteiger charge is 2.29. The normalized spacial score (nSPS) is 14.5. The van der Waals surface area contributed by atoms with E-state index in [1.165, 1.54) is 0 Å². The Hall–Kier alpha value is -3.22. The Morgan fingerprint density at radius 2 is 1.83 bits per heavy atom. The van der Waals surface area contributed by atoms with Crippen molar-refractivity contribution in [3.8, 4) is 23.0 Å². The minimum Gasteiger partial charge on any atom is -0.496 e. The highest BCUT2D eigenvalue weighted by atomic mass is 35.5. The minimum absolute atomic E-state index is 0.0162. The van der Waals surface area contributed by atoms with Gasteiger partial charge < -0.3 is 19.3 Å². The van der Waals surface area contributed by atoms with Gasteiger partial charge in [-0.05, 0) is 61.7 Å². The standard InChI is InChI=1S/C27H24Cl2O6/c1-33-24-7-3-5-21(28)19(24)4-2-6-23(30)16-8-10-17(11-9-16)35-26-15-25-20(14-22(26)29)18(27(31)32)12-13-34-25/h3,5,7-11,14-15,18H,2,4,6,12-13H2,1H3,(H,31,32). The Morgan fingerprint density at radius 3 is 2.54 bits per heavy atom. The maximum absolute atomic E-state index is 12.7. The number of halogens is 2. The number of hydrogen-bond acceptors (Lipinski definition) is 5.